The molecule has 3 rings (SSSR count). The largest absolute Gasteiger partial charge is 0.396 e. The molecule has 160 valence electrons. The van der Waals surface area contributed by atoms with Crippen LogP contribution in [0.5, 0.6) is 0 Å². The fourth-order valence-electron chi connectivity index (χ4n) is 3.73. The molecule has 0 radical (unpaired) electrons. The van der Waals surface area contributed by atoms with Gasteiger partial charge in [-0.25, -0.2) is 4.39 Å². The number of rotatable bonds is 6. The molecule has 0 spiro atoms. The molecule has 0 unspecified atom stereocenters. The molecule has 1 aliphatic rings. The molecule has 1 atom stereocenters. The number of halogens is 1. The van der Waals surface area contributed by atoms with Crippen molar-refractivity contribution in [3.05, 3.63) is 71.0 Å². The predicted octanol–water partition coefficient (Wildman–Crippen LogP) is 3.02. The molecule has 0 bridgehead atoms. The van der Waals surface area contributed by atoms with Crippen molar-refractivity contribution in [2.24, 2.45) is 0 Å². The first-order chi connectivity index (χ1) is 14.3. The topological polar surface area (TPSA) is 46.9 Å². The zero-order chi connectivity index (χ0) is 21.6. The summed E-state index contributed by atoms with van der Waals surface area (Å²) in [7, 11) is 0. The molecule has 30 heavy (non-hydrogen) atoms. The summed E-state index contributed by atoms with van der Waals surface area (Å²) < 4.78 is 13.2. The highest BCUT2D eigenvalue weighted by Crippen LogP contribution is 2.19. The third kappa shape index (κ3) is 6.93. The van der Waals surface area contributed by atoms with Gasteiger partial charge in [0, 0.05) is 50.9 Å². The van der Waals surface area contributed by atoms with Crippen LogP contribution in [0, 0.1) is 17.7 Å². The molecule has 4 nitrogen and oxygen atoms in total. The molecule has 1 fully saturated rings. The van der Waals surface area contributed by atoms with E-state index in [2.05, 4.69) is 33.8 Å². The van der Waals surface area contributed by atoms with Crippen molar-refractivity contribution in [1.82, 2.24) is 9.80 Å². The number of aliphatic hydroxyl groups excluding tert-OH is 1. The van der Waals surface area contributed by atoms with E-state index in [1.54, 1.807) is 13.8 Å². The van der Waals surface area contributed by atoms with Crippen molar-refractivity contribution < 1.29 is 14.6 Å². The fourth-order valence-corrected chi connectivity index (χ4v) is 3.73. The van der Waals surface area contributed by atoms with Crippen LogP contribution in [0.15, 0.2) is 48.5 Å². The first kappa shape index (κ1) is 22.5. The Hall–Kier alpha value is -2.23. The van der Waals surface area contributed by atoms with E-state index in [1.807, 2.05) is 24.3 Å². The zero-order valence-corrected chi connectivity index (χ0v) is 17.8. The van der Waals surface area contributed by atoms with E-state index in [1.165, 1.54) is 17.7 Å². The highest BCUT2D eigenvalue weighted by atomic mass is 19.1. The summed E-state index contributed by atoms with van der Waals surface area (Å²) in [5, 5.41) is 19.3. The first-order valence-electron chi connectivity index (χ1n) is 10.5. The normalized spacial score (nSPS) is 18.1. The van der Waals surface area contributed by atoms with E-state index >= 15 is 0 Å². The molecule has 0 saturated carbocycles. The van der Waals surface area contributed by atoms with Crippen molar-refractivity contribution in [3.8, 4) is 11.8 Å². The molecule has 0 aromatic heterocycles. The van der Waals surface area contributed by atoms with Gasteiger partial charge in [-0.2, -0.15) is 0 Å². The van der Waals surface area contributed by atoms with E-state index in [0.29, 0.717) is 0 Å². The van der Waals surface area contributed by atoms with Crippen LogP contribution in [0.1, 0.15) is 37.0 Å². The molecule has 0 amide bonds. The molecule has 2 aromatic rings. The Morgan fingerprint density at radius 3 is 2.27 bits per heavy atom. The molecule has 1 aliphatic heterocycles. The van der Waals surface area contributed by atoms with Gasteiger partial charge in [0.15, 0.2) is 0 Å². The fraction of sp³-hybridized carbons (Fsp3) is 0.440. The molecule has 2 aromatic carbocycles. The second-order valence-corrected chi connectivity index (χ2v) is 8.50. The van der Waals surface area contributed by atoms with Crippen molar-refractivity contribution in [2.75, 3.05) is 26.2 Å². The summed E-state index contributed by atoms with van der Waals surface area (Å²) in [6, 6.07) is 15.1. The number of hydrogen-bond acceptors (Lipinski definition) is 4. The minimum Gasteiger partial charge on any atom is -0.396 e. The minimum atomic E-state index is -0.992. The van der Waals surface area contributed by atoms with Crippen LogP contribution in [-0.2, 0) is 13.1 Å². The van der Waals surface area contributed by atoms with E-state index < -0.39 is 5.60 Å². The molecular weight excluding hydrogens is 379 g/mol. The lowest BCUT2D eigenvalue weighted by molar-refractivity contribution is 0.0500. The minimum absolute atomic E-state index is 0.160. The van der Waals surface area contributed by atoms with Gasteiger partial charge in [0.05, 0.1) is 0 Å². The summed E-state index contributed by atoms with van der Waals surface area (Å²) >= 11 is 0. The number of hydrogen-bond donors (Lipinski definition) is 2. The third-order valence-electron chi connectivity index (χ3n) is 5.32. The number of aliphatic hydroxyl groups is 2. The quantitative estimate of drug-likeness (QED) is 0.719. The predicted molar refractivity (Wildman–Crippen MR) is 117 cm³/mol. The molecule has 2 N–H and O–H groups in total. The molecule has 0 aliphatic carbocycles. The average molecular weight is 411 g/mol. The van der Waals surface area contributed by atoms with Crippen LogP contribution in [-0.4, -0.2) is 57.9 Å². The highest BCUT2D eigenvalue weighted by Gasteiger charge is 2.26. The van der Waals surface area contributed by atoms with E-state index in [-0.39, 0.29) is 18.5 Å². The lowest BCUT2D eigenvalue weighted by Gasteiger charge is -2.41. The zero-order valence-electron chi connectivity index (χ0n) is 17.8. The van der Waals surface area contributed by atoms with Gasteiger partial charge >= 0.3 is 0 Å². The molecule has 5 heteroatoms. The number of nitrogens with zero attached hydrogens (tertiary/aromatic N) is 2. The maximum absolute atomic E-state index is 13.2. The van der Waals surface area contributed by atoms with Gasteiger partial charge < -0.3 is 10.2 Å². The Morgan fingerprint density at radius 2 is 1.63 bits per heavy atom. The molecular formula is C25H31FN2O2. The lowest BCUT2D eigenvalue weighted by atomic mass is 10.1. The van der Waals surface area contributed by atoms with Crippen LogP contribution in [0.3, 0.4) is 0 Å². The van der Waals surface area contributed by atoms with Crippen LogP contribution in [0.4, 0.5) is 4.39 Å². The summed E-state index contributed by atoms with van der Waals surface area (Å²) in [5.41, 5.74) is 2.21. The highest BCUT2D eigenvalue weighted by molar-refractivity contribution is 5.37. The van der Waals surface area contributed by atoms with Crippen molar-refractivity contribution in [3.63, 3.8) is 0 Å². The first-order valence-corrected chi connectivity index (χ1v) is 10.5. The number of benzene rings is 2. The Morgan fingerprint density at radius 1 is 1.00 bits per heavy atom. The van der Waals surface area contributed by atoms with Crippen LogP contribution >= 0.6 is 0 Å². The van der Waals surface area contributed by atoms with Crippen molar-refractivity contribution in [2.45, 2.75) is 45.0 Å². The molecule has 1 heterocycles. The van der Waals surface area contributed by atoms with Crippen LogP contribution in [0.25, 0.3) is 0 Å². The second-order valence-electron chi connectivity index (χ2n) is 8.50. The summed E-state index contributed by atoms with van der Waals surface area (Å²) in [6.07, 6.45) is 0.725. The van der Waals surface area contributed by atoms with Gasteiger partial charge in [-0.1, -0.05) is 36.1 Å². The molecule has 1 saturated heterocycles. The Labute approximate surface area is 178 Å². The van der Waals surface area contributed by atoms with Gasteiger partial charge in [0.2, 0.25) is 0 Å². The van der Waals surface area contributed by atoms with Gasteiger partial charge in [-0.15, -0.1) is 0 Å². The Balaban J connectivity index is 1.59. The van der Waals surface area contributed by atoms with Gasteiger partial charge in [0.1, 0.15) is 11.4 Å². The Bertz CT molecular complexity index is 863. The SMILES string of the molecule is CC(C)(O)C#Cc1ccc(CN2CCN(Cc3ccc(F)cc3)[C@H](CCO)C2)cc1. The van der Waals surface area contributed by atoms with E-state index in [4.69, 9.17) is 0 Å². The monoisotopic (exact) mass is 410 g/mol. The Kier molecular flexibility index (Phi) is 7.63. The summed E-state index contributed by atoms with van der Waals surface area (Å²) in [6.45, 7) is 7.88. The third-order valence-corrected chi connectivity index (χ3v) is 5.32. The van der Waals surface area contributed by atoms with Crippen molar-refractivity contribution >= 4 is 0 Å². The van der Waals surface area contributed by atoms with Gasteiger partial charge in [-0.3, -0.25) is 9.80 Å². The second kappa shape index (κ2) is 10.2. The average Bonchev–Trinajstić information content (AvgIpc) is 2.71. The van der Waals surface area contributed by atoms with Crippen LogP contribution in [0.2, 0.25) is 0 Å². The van der Waals surface area contributed by atoms with E-state index in [0.717, 1.165) is 50.3 Å². The lowest BCUT2D eigenvalue weighted by Crippen LogP contribution is -2.52. The van der Waals surface area contributed by atoms with Gasteiger partial charge in [0.25, 0.3) is 0 Å². The number of piperazine rings is 1. The van der Waals surface area contributed by atoms with Crippen LogP contribution < -0.4 is 0 Å². The maximum Gasteiger partial charge on any atom is 0.123 e. The smallest absolute Gasteiger partial charge is 0.123 e. The summed E-state index contributed by atoms with van der Waals surface area (Å²) in [4.78, 5) is 4.80. The van der Waals surface area contributed by atoms with Crippen molar-refractivity contribution in [1.29, 1.82) is 0 Å². The van der Waals surface area contributed by atoms with Gasteiger partial charge in [-0.05, 0) is 55.7 Å². The summed E-state index contributed by atoms with van der Waals surface area (Å²) in [5.74, 6) is 5.62. The standard InChI is InChI=1S/C25H31FN2O2/c1-25(2,30)13-11-20-3-5-21(6-4-20)17-27-14-15-28(24(19-27)12-16-29)18-22-7-9-23(26)10-8-22/h3-10,24,29-30H,12,14-19H2,1-2H3/t24-/m1/s1. The maximum atomic E-state index is 13.2. The van der Waals surface area contributed by atoms with E-state index in [9.17, 15) is 14.6 Å².